The van der Waals surface area contributed by atoms with Crippen LogP contribution in [0.2, 0.25) is 18.1 Å². The monoisotopic (exact) mass is 336 g/mol. The van der Waals surface area contributed by atoms with Gasteiger partial charge in [-0.1, -0.05) is 26.8 Å². The van der Waals surface area contributed by atoms with Gasteiger partial charge in [-0.15, -0.1) is 0 Å². The Morgan fingerprint density at radius 3 is 2.22 bits per heavy atom. The minimum Gasteiger partial charge on any atom is -0.547 e. The van der Waals surface area contributed by atoms with Crippen LogP contribution >= 0.6 is 0 Å². The summed E-state index contributed by atoms with van der Waals surface area (Å²) in [6.45, 7) is 13.4. The highest BCUT2D eigenvalue weighted by atomic mass is 28.4. The molecule has 130 valence electrons. The van der Waals surface area contributed by atoms with Crippen molar-refractivity contribution in [3.8, 4) is 11.5 Å². The molecule has 0 saturated carbocycles. The number of aryl methyl sites for hydroxylation is 1. The van der Waals surface area contributed by atoms with Crippen molar-refractivity contribution in [1.82, 2.24) is 0 Å². The van der Waals surface area contributed by atoms with Crippen LogP contribution < -0.4 is 9.47 Å². The van der Waals surface area contributed by atoms with Crippen molar-refractivity contribution in [2.45, 2.75) is 58.7 Å². The van der Waals surface area contributed by atoms with E-state index in [1.807, 2.05) is 12.1 Å². The predicted octanol–water partition coefficient (Wildman–Crippen LogP) is 5.56. The van der Waals surface area contributed by atoms with Crippen molar-refractivity contribution < 1.29 is 13.9 Å². The van der Waals surface area contributed by atoms with Crippen LogP contribution in [0.4, 0.5) is 0 Å². The van der Waals surface area contributed by atoms with Gasteiger partial charge in [-0.05, 0) is 61.7 Å². The summed E-state index contributed by atoms with van der Waals surface area (Å²) in [5.74, 6) is 2.59. The van der Waals surface area contributed by atoms with E-state index in [9.17, 15) is 0 Å². The Morgan fingerprint density at radius 2 is 1.70 bits per heavy atom. The molecule has 0 radical (unpaired) electrons. The number of methoxy groups -OCH3 is 2. The number of allylic oxidation sites excluding steroid dienone is 2. The molecular formula is C19H32O3Si. The molecule has 0 spiro atoms. The molecule has 0 aromatic heterocycles. The van der Waals surface area contributed by atoms with Gasteiger partial charge >= 0.3 is 0 Å². The molecule has 1 aromatic carbocycles. The molecule has 0 aliphatic carbocycles. The molecule has 23 heavy (non-hydrogen) atoms. The third-order valence-electron chi connectivity index (χ3n) is 4.54. The second kappa shape index (κ2) is 7.91. The minimum absolute atomic E-state index is 0.228. The van der Waals surface area contributed by atoms with Gasteiger partial charge in [0.2, 0.25) is 8.32 Å². The summed E-state index contributed by atoms with van der Waals surface area (Å²) in [5.41, 5.74) is 1.24. The summed E-state index contributed by atoms with van der Waals surface area (Å²) in [6.07, 6.45) is 4.10. The first kappa shape index (κ1) is 19.6. The van der Waals surface area contributed by atoms with Gasteiger partial charge in [0.25, 0.3) is 0 Å². The fourth-order valence-corrected chi connectivity index (χ4v) is 3.27. The zero-order chi connectivity index (χ0) is 17.7. The average molecular weight is 337 g/mol. The number of ether oxygens (including phenoxy) is 2. The van der Waals surface area contributed by atoms with E-state index in [-0.39, 0.29) is 5.04 Å². The Balaban J connectivity index is 2.65. The zero-order valence-electron chi connectivity index (χ0n) is 15.9. The molecule has 0 saturated heterocycles. The number of hydrogen-bond acceptors (Lipinski definition) is 3. The fraction of sp³-hybridized carbons (Fsp3) is 0.579. The molecule has 0 heterocycles. The molecule has 0 unspecified atom stereocenters. The van der Waals surface area contributed by atoms with Crippen LogP contribution in [0.3, 0.4) is 0 Å². The molecule has 1 aromatic rings. The molecule has 0 amide bonds. The van der Waals surface area contributed by atoms with E-state index >= 15 is 0 Å². The van der Waals surface area contributed by atoms with Gasteiger partial charge in [0, 0.05) is 0 Å². The van der Waals surface area contributed by atoms with Gasteiger partial charge in [-0.25, -0.2) is 0 Å². The lowest BCUT2D eigenvalue weighted by atomic mass is 10.1. The van der Waals surface area contributed by atoms with E-state index in [2.05, 4.69) is 52.9 Å². The summed E-state index contributed by atoms with van der Waals surface area (Å²) >= 11 is 0. The van der Waals surface area contributed by atoms with Gasteiger partial charge in [-0.2, -0.15) is 0 Å². The average Bonchev–Trinajstić information content (AvgIpc) is 2.45. The van der Waals surface area contributed by atoms with E-state index in [0.717, 1.165) is 30.1 Å². The molecule has 0 aliphatic heterocycles. The van der Waals surface area contributed by atoms with E-state index < -0.39 is 8.32 Å². The second-order valence-electron chi connectivity index (χ2n) is 7.41. The third-order valence-corrected chi connectivity index (χ3v) is 8.98. The van der Waals surface area contributed by atoms with Gasteiger partial charge in [-0.3, -0.25) is 0 Å². The summed E-state index contributed by atoms with van der Waals surface area (Å²) in [7, 11) is 1.59. The highest BCUT2D eigenvalue weighted by molar-refractivity contribution is 6.74. The van der Waals surface area contributed by atoms with Crippen LogP contribution in [0.15, 0.2) is 30.0 Å². The number of hydrogen-bond donors (Lipinski definition) is 0. The first-order valence-electron chi connectivity index (χ1n) is 8.17. The van der Waals surface area contributed by atoms with Crippen LogP contribution in [0, 0.1) is 0 Å². The Hall–Kier alpha value is -1.42. The fourth-order valence-electron chi connectivity index (χ4n) is 2.08. The zero-order valence-corrected chi connectivity index (χ0v) is 16.9. The SMILES string of the molecule is COc1ccc(CCC=C(C)O[Si](C)(C)C(C)(C)C)cc1OC. The van der Waals surface area contributed by atoms with E-state index in [1.54, 1.807) is 14.2 Å². The van der Waals surface area contributed by atoms with Crippen LogP contribution in [0.5, 0.6) is 11.5 Å². The quantitative estimate of drug-likeness (QED) is 0.482. The standard InChI is InChI=1S/C19H32O3Si/c1-15(22-23(7,8)19(2,3)4)10-9-11-16-12-13-17(20-5)18(14-16)21-6/h10,12-14H,9,11H2,1-8H3. The Morgan fingerprint density at radius 1 is 1.09 bits per heavy atom. The maximum atomic E-state index is 6.28. The van der Waals surface area contributed by atoms with Gasteiger partial charge in [0.15, 0.2) is 11.5 Å². The topological polar surface area (TPSA) is 27.7 Å². The first-order chi connectivity index (χ1) is 10.6. The van der Waals surface area contributed by atoms with Gasteiger partial charge < -0.3 is 13.9 Å². The maximum absolute atomic E-state index is 6.28. The minimum atomic E-state index is -1.73. The largest absolute Gasteiger partial charge is 0.547 e. The highest BCUT2D eigenvalue weighted by Crippen LogP contribution is 2.37. The smallest absolute Gasteiger partial charge is 0.250 e. The molecule has 0 atom stereocenters. The lowest BCUT2D eigenvalue weighted by molar-refractivity contribution is 0.354. The Kier molecular flexibility index (Phi) is 6.75. The molecule has 0 N–H and O–H groups in total. The van der Waals surface area contributed by atoms with Crippen LogP contribution in [-0.4, -0.2) is 22.5 Å². The summed E-state index contributed by atoms with van der Waals surface area (Å²) in [4.78, 5) is 0. The molecule has 3 nitrogen and oxygen atoms in total. The van der Waals surface area contributed by atoms with Crippen molar-refractivity contribution in [2.75, 3.05) is 14.2 Å². The molecular weight excluding hydrogens is 304 g/mol. The molecule has 0 fully saturated rings. The lowest BCUT2D eigenvalue weighted by Crippen LogP contribution is -2.40. The van der Waals surface area contributed by atoms with Crippen molar-refractivity contribution in [2.24, 2.45) is 0 Å². The molecule has 4 heteroatoms. The van der Waals surface area contributed by atoms with Gasteiger partial charge in [0.1, 0.15) is 0 Å². The number of rotatable bonds is 7. The van der Waals surface area contributed by atoms with Crippen molar-refractivity contribution in [3.05, 3.63) is 35.6 Å². The Labute approximate surface area is 142 Å². The molecule has 0 aliphatic rings. The summed E-state index contributed by atoms with van der Waals surface area (Å²) < 4.78 is 16.9. The summed E-state index contributed by atoms with van der Waals surface area (Å²) in [6, 6.07) is 6.08. The van der Waals surface area contributed by atoms with Crippen LogP contribution in [0.25, 0.3) is 0 Å². The van der Waals surface area contributed by atoms with Gasteiger partial charge in [0.05, 0.1) is 20.0 Å². The normalized spacial score (nSPS) is 13.0. The molecule has 0 bridgehead atoms. The van der Waals surface area contributed by atoms with Crippen molar-refractivity contribution in [1.29, 1.82) is 0 Å². The second-order valence-corrected chi connectivity index (χ2v) is 12.1. The highest BCUT2D eigenvalue weighted by Gasteiger charge is 2.38. The van der Waals surface area contributed by atoms with E-state index in [1.165, 1.54) is 5.56 Å². The van der Waals surface area contributed by atoms with Crippen molar-refractivity contribution in [3.63, 3.8) is 0 Å². The lowest BCUT2D eigenvalue weighted by Gasteiger charge is -2.36. The van der Waals surface area contributed by atoms with E-state index in [4.69, 9.17) is 13.9 Å². The molecule has 1 rings (SSSR count). The maximum Gasteiger partial charge on any atom is 0.250 e. The first-order valence-corrected chi connectivity index (χ1v) is 11.1. The third kappa shape index (κ3) is 5.61. The van der Waals surface area contributed by atoms with E-state index in [0.29, 0.717) is 0 Å². The van der Waals surface area contributed by atoms with Crippen LogP contribution in [0.1, 0.15) is 39.7 Å². The summed E-state index contributed by atoms with van der Waals surface area (Å²) in [5, 5.41) is 0.228. The van der Waals surface area contributed by atoms with Crippen molar-refractivity contribution >= 4 is 8.32 Å². The van der Waals surface area contributed by atoms with Crippen LogP contribution in [-0.2, 0) is 10.8 Å². The number of benzene rings is 1. The Bertz CT molecular complexity index is 542. The predicted molar refractivity (Wildman–Crippen MR) is 99.9 cm³/mol.